The maximum absolute atomic E-state index is 9.61. The highest BCUT2D eigenvalue weighted by Crippen LogP contribution is 2.38. The van der Waals surface area contributed by atoms with E-state index in [2.05, 4.69) is 314 Å². The molecule has 0 unspecified atom stereocenters. The summed E-state index contributed by atoms with van der Waals surface area (Å²) in [6.45, 7) is 0. The van der Waals surface area contributed by atoms with E-state index in [1.165, 1.54) is 98.4 Å². The van der Waals surface area contributed by atoms with Gasteiger partial charge in [0.1, 0.15) is 0 Å². The normalized spacial score (nSPS) is 11.3. The molecule has 0 spiro atoms. The van der Waals surface area contributed by atoms with E-state index in [4.69, 9.17) is 0 Å². The van der Waals surface area contributed by atoms with E-state index in [1.807, 2.05) is 60.7 Å². The van der Waals surface area contributed by atoms with Crippen molar-refractivity contribution < 1.29 is 10.0 Å². The van der Waals surface area contributed by atoms with Crippen LogP contribution in [0.3, 0.4) is 0 Å². The van der Waals surface area contributed by atoms with Crippen molar-refractivity contribution in [2.24, 2.45) is 0 Å². The molecular formula is C78H52BBr4N3O2. The minimum Gasteiger partial charge on any atom is -0.423 e. The second-order valence-electron chi connectivity index (χ2n) is 21.6. The molecule has 10 heteroatoms. The maximum atomic E-state index is 9.61. The Hall–Kier alpha value is -8.84. The minimum absolute atomic E-state index is 0.488. The largest absolute Gasteiger partial charge is 0.488 e. The molecule has 3 heterocycles. The van der Waals surface area contributed by atoms with E-state index in [0.717, 1.165) is 45.4 Å². The number of hydrogen-bond donors (Lipinski definition) is 2. The van der Waals surface area contributed by atoms with Gasteiger partial charge in [0.05, 0.1) is 33.1 Å². The van der Waals surface area contributed by atoms with Gasteiger partial charge in [-0.05, 0) is 158 Å². The molecule has 17 aromatic rings. The topological polar surface area (TPSA) is 55.2 Å². The Bertz CT molecular complexity index is 5460. The zero-order valence-corrected chi connectivity index (χ0v) is 53.5. The smallest absolute Gasteiger partial charge is 0.423 e. The van der Waals surface area contributed by atoms with Gasteiger partial charge in [0.25, 0.3) is 0 Å². The Balaban J connectivity index is 0.000000109. The van der Waals surface area contributed by atoms with Gasteiger partial charge in [-0.1, -0.05) is 258 Å². The van der Waals surface area contributed by atoms with Crippen molar-refractivity contribution in [1.29, 1.82) is 0 Å². The third-order valence-corrected chi connectivity index (χ3v) is 18.2. The lowest BCUT2D eigenvalue weighted by Crippen LogP contribution is -2.29. The predicted octanol–water partition coefficient (Wildman–Crippen LogP) is 21.9. The first-order valence-corrected chi connectivity index (χ1v) is 32.0. The minimum atomic E-state index is -1.48. The molecule has 0 saturated heterocycles. The molecule has 14 aromatic carbocycles. The van der Waals surface area contributed by atoms with Gasteiger partial charge in [-0.2, -0.15) is 0 Å². The molecule has 0 saturated carbocycles. The van der Waals surface area contributed by atoms with Crippen LogP contribution < -0.4 is 5.46 Å². The zero-order valence-electron chi connectivity index (χ0n) is 47.2. The van der Waals surface area contributed by atoms with Crippen LogP contribution in [0, 0.1) is 0 Å². The summed E-state index contributed by atoms with van der Waals surface area (Å²) in [5.41, 5.74) is 13.3. The van der Waals surface area contributed by atoms with Gasteiger partial charge in [0, 0.05) is 67.3 Å². The first-order chi connectivity index (χ1) is 43.1. The summed E-state index contributed by atoms with van der Waals surface area (Å²) in [5, 5.41) is 34.0. The summed E-state index contributed by atoms with van der Waals surface area (Å²) in [6, 6.07) is 106. The lowest BCUT2D eigenvalue weighted by Gasteiger charge is -2.10. The van der Waals surface area contributed by atoms with Crippen LogP contribution in [0.15, 0.2) is 321 Å². The van der Waals surface area contributed by atoms with Crippen LogP contribution in [0.5, 0.6) is 0 Å². The van der Waals surface area contributed by atoms with Crippen molar-refractivity contribution in [3.8, 4) is 28.2 Å². The van der Waals surface area contributed by atoms with Crippen LogP contribution in [-0.4, -0.2) is 30.9 Å². The molecule has 2 N–H and O–H groups in total. The molecule has 0 bridgehead atoms. The molecule has 422 valence electrons. The summed E-state index contributed by atoms with van der Waals surface area (Å²) >= 11 is 13.9. The molecule has 0 amide bonds. The fraction of sp³-hybridized carbons (Fsp3) is 0. The predicted molar refractivity (Wildman–Crippen MR) is 387 cm³/mol. The molecule has 5 nitrogen and oxygen atoms in total. The van der Waals surface area contributed by atoms with Crippen LogP contribution in [0.4, 0.5) is 0 Å². The summed E-state index contributed by atoms with van der Waals surface area (Å²) in [6.07, 6.45) is 0. The second kappa shape index (κ2) is 24.7. The zero-order chi connectivity index (χ0) is 59.8. The van der Waals surface area contributed by atoms with Crippen LogP contribution in [0.2, 0.25) is 0 Å². The highest BCUT2D eigenvalue weighted by atomic mass is 79.9. The van der Waals surface area contributed by atoms with Gasteiger partial charge >= 0.3 is 7.12 Å². The first kappa shape index (κ1) is 56.9. The fourth-order valence-corrected chi connectivity index (χ4v) is 14.0. The van der Waals surface area contributed by atoms with Crippen LogP contribution in [-0.2, 0) is 0 Å². The molecule has 3 aromatic heterocycles. The Kier molecular flexibility index (Phi) is 16.0. The van der Waals surface area contributed by atoms with Gasteiger partial charge in [-0.3, -0.25) is 0 Å². The molecule has 0 fully saturated rings. The van der Waals surface area contributed by atoms with E-state index < -0.39 is 7.12 Å². The van der Waals surface area contributed by atoms with Crippen molar-refractivity contribution in [3.63, 3.8) is 0 Å². The molecular weight excluding hydrogens is 1340 g/mol. The van der Waals surface area contributed by atoms with E-state index >= 15 is 0 Å². The van der Waals surface area contributed by atoms with E-state index in [1.54, 1.807) is 6.07 Å². The van der Waals surface area contributed by atoms with Gasteiger partial charge in [-0.15, -0.1) is 0 Å². The van der Waals surface area contributed by atoms with Crippen LogP contribution in [0.25, 0.3) is 126 Å². The molecule has 88 heavy (non-hydrogen) atoms. The average Bonchev–Trinajstić information content (AvgIpc) is 1.73. The Labute approximate surface area is 542 Å². The molecule has 17 rings (SSSR count). The summed E-state index contributed by atoms with van der Waals surface area (Å²) < 4.78 is 11.3. The summed E-state index contributed by atoms with van der Waals surface area (Å²) in [4.78, 5) is 0. The number of halogens is 4. The second-order valence-corrected chi connectivity index (χ2v) is 25.3. The van der Waals surface area contributed by atoms with Crippen LogP contribution >= 0.6 is 63.7 Å². The first-order valence-electron chi connectivity index (χ1n) is 28.9. The number of hydrogen-bond acceptors (Lipinski definition) is 2. The SMILES string of the molecule is Brc1ccc2c3ccccc3n(-c3ccc4ccccc4c3)c2c1.Brc1cccc(-c2ccc3c4ccccc4n(-c4ccc5ccccc5c4)c3c2)c1.Brc1cccc(Br)c1.OB(O)c1ccc2c3ccccc3n(-c3ccc4ccccc4c3)c2c1. The van der Waals surface area contributed by atoms with Gasteiger partial charge in [0.15, 0.2) is 0 Å². The van der Waals surface area contributed by atoms with E-state index in [0.29, 0.717) is 5.46 Å². The van der Waals surface area contributed by atoms with Crippen molar-refractivity contribution in [3.05, 3.63) is 321 Å². The number of para-hydroxylation sites is 3. The molecule has 0 aliphatic rings. The van der Waals surface area contributed by atoms with Gasteiger partial charge < -0.3 is 23.7 Å². The molecule has 0 aliphatic carbocycles. The average molecular weight is 1390 g/mol. The molecule has 0 aliphatic heterocycles. The molecule has 0 atom stereocenters. The number of benzene rings is 14. The third kappa shape index (κ3) is 11.3. The maximum Gasteiger partial charge on any atom is 0.488 e. The number of fused-ring (bicyclic) bond motifs is 12. The highest BCUT2D eigenvalue weighted by molar-refractivity contribution is 9.11. The van der Waals surface area contributed by atoms with Crippen LogP contribution in [0.1, 0.15) is 0 Å². The number of aromatic nitrogens is 3. The quantitative estimate of drug-likeness (QED) is 0.169. The third-order valence-electron chi connectivity index (χ3n) is 16.2. The highest BCUT2D eigenvalue weighted by Gasteiger charge is 2.19. The number of rotatable bonds is 5. The lowest BCUT2D eigenvalue weighted by molar-refractivity contribution is 0.426. The van der Waals surface area contributed by atoms with Crippen molar-refractivity contribution in [2.75, 3.05) is 0 Å². The van der Waals surface area contributed by atoms with Gasteiger partial charge in [-0.25, -0.2) is 0 Å². The monoisotopic (exact) mass is 1390 g/mol. The standard InChI is InChI=1S/C28H18BrN.C22H16BNO2.C22H14BrN.C6H4Br2/c29-23-9-5-8-20(16-23)22-13-15-26-25-10-3-4-11-27(25)30(28(26)18-22)24-14-12-19-6-1-2-7-21(19)17-24;25-23(26)17-10-12-20-19-7-3-4-8-21(19)24(22(20)14-17)18-11-9-15-5-1-2-6-16(15)13-18;23-17-10-12-20-19-7-3-4-8-21(19)24(22(20)14-17)18-11-9-15-5-1-2-6-16(15)13-18;7-5-2-1-3-6(8)4-5/h1-18H;1-14,25-26H;1-14H;1-4H. The fourth-order valence-electron chi connectivity index (χ4n) is 12.2. The van der Waals surface area contributed by atoms with Crippen molar-refractivity contribution >= 4 is 174 Å². The van der Waals surface area contributed by atoms with E-state index in [9.17, 15) is 10.0 Å². The Morgan fingerprint density at radius 3 is 1.00 bits per heavy atom. The van der Waals surface area contributed by atoms with Gasteiger partial charge in [0.2, 0.25) is 0 Å². The van der Waals surface area contributed by atoms with E-state index in [-0.39, 0.29) is 0 Å². The Morgan fingerprint density at radius 2 is 0.568 bits per heavy atom. The van der Waals surface area contributed by atoms with Crippen molar-refractivity contribution in [1.82, 2.24) is 13.7 Å². The molecule has 0 radical (unpaired) electrons. The summed E-state index contributed by atoms with van der Waals surface area (Å²) in [5.74, 6) is 0. The number of nitrogens with zero attached hydrogens (tertiary/aromatic N) is 3. The Morgan fingerprint density at radius 1 is 0.227 bits per heavy atom. The lowest BCUT2D eigenvalue weighted by atomic mass is 9.80. The van der Waals surface area contributed by atoms with Crippen molar-refractivity contribution in [2.45, 2.75) is 0 Å². The summed E-state index contributed by atoms with van der Waals surface area (Å²) in [7, 11) is -1.48.